The largest absolute Gasteiger partial charge is 0.394 e. The Morgan fingerprint density at radius 2 is 2.41 bits per heavy atom. The molecule has 0 saturated carbocycles. The standard InChI is InChI=1S/C10H12N2O3S2/c13-4-7(14)5-16-6-9-11-10(12-15-9)8-2-1-3-17-8/h1-3,7,13-14H,4-6H2/t7-/m0/s1. The summed E-state index contributed by atoms with van der Waals surface area (Å²) in [5.41, 5.74) is 0. The van der Waals surface area contributed by atoms with Gasteiger partial charge in [-0.15, -0.1) is 23.1 Å². The Morgan fingerprint density at radius 1 is 1.53 bits per heavy atom. The first kappa shape index (κ1) is 12.6. The summed E-state index contributed by atoms with van der Waals surface area (Å²) in [5.74, 6) is 2.12. The minimum absolute atomic E-state index is 0.225. The number of hydrogen-bond donors (Lipinski definition) is 2. The second-order valence-corrected chi connectivity index (χ2v) is 5.32. The van der Waals surface area contributed by atoms with E-state index in [0.29, 0.717) is 23.2 Å². The fourth-order valence-corrected chi connectivity index (χ4v) is 2.59. The minimum Gasteiger partial charge on any atom is -0.394 e. The molecule has 0 spiro atoms. The average molecular weight is 272 g/mol. The summed E-state index contributed by atoms with van der Waals surface area (Å²) in [6.07, 6.45) is -0.695. The van der Waals surface area contributed by atoms with Crippen LogP contribution in [-0.4, -0.2) is 38.8 Å². The van der Waals surface area contributed by atoms with Gasteiger partial charge in [0.15, 0.2) is 0 Å². The van der Waals surface area contributed by atoms with E-state index in [1.165, 1.54) is 11.8 Å². The summed E-state index contributed by atoms with van der Waals surface area (Å²) < 4.78 is 5.08. The molecule has 17 heavy (non-hydrogen) atoms. The van der Waals surface area contributed by atoms with E-state index in [-0.39, 0.29) is 6.61 Å². The first-order valence-corrected chi connectivity index (χ1v) is 7.06. The number of hydrogen-bond acceptors (Lipinski definition) is 7. The van der Waals surface area contributed by atoms with Crippen LogP contribution >= 0.6 is 23.1 Å². The number of thiophene rings is 1. The molecule has 7 heteroatoms. The predicted octanol–water partition coefficient (Wildman–Crippen LogP) is 1.38. The lowest BCUT2D eigenvalue weighted by molar-refractivity contribution is 0.113. The molecule has 2 aromatic heterocycles. The minimum atomic E-state index is -0.695. The molecule has 0 fully saturated rings. The molecule has 2 rings (SSSR count). The molecule has 2 heterocycles. The highest BCUT2D eigenvalue weighted by Gasteiger charge is 2.10. The van der Waals surface area contributed by atoms with Gasteiger partial charge in [0.1, 0.15) is 0 Å². The molecule has 2 aromatic rings. The van der Waals surface area contributed by atoms with Crippen LogP contribution in [0.1, 0.15) is 5.89 Å². The summed E-state index contributed by atoms with van der Waals surface area (Å²) in [6.45, 7) is -0.225. The molecule has 0 radical (unpaired) electrons. The van der Waals surface area contributed by atoms with E-state index >= 15 is 0 Å². The molecule has 5 nitrogen and oxygen atoms in total. The second kappa shape index (κ2) is 6.15. The van der Waals surface area contributed by atoms with E-state index in [1.54, 1.807) is 11.3 Å². The monoisotopic (exact) mass is 272 g/mol. The summed E-state index contributed by atoms with van der Waals surface area (Å²) in [6, 6.07) is 3.87. The Balaban J connectivity index is 1.87. The van der Waals surface area contributed by atoms with Crippen molar-refractivity contribution in [2.75, 3.05) is 12.4 Å². The molecule has 92 valence electrons. The van der Waals surface area contributed by atoms with Gasteiger partial charge in [0.25, 0.3) is 0 Å². The molecular weight excluding hydrogens is 260 g/mol. The summed E-state index contributed by atoms with van der Waals surface area (Å²) in [4.78, 5) is 5.22. The van der Waals surface area contributed by atoms with Crippen LogP contribution in [0.5, 0.6) is 0 Å². The van der Waals surface area contributed by atoms with Crippen molar-refractivity contribution in [2.45, 2.75) is 11.9 Å². The Bertz CT molecular complexity index is 444. The van der Waals surface area contributed by atoms with Crippen molar-refractivity contribution in [3.05, 3.63) is 23.4 Å². The third-order valence-electron chi connectivity index (χ3n) is 1.96. The first-order valence-electron chi connectivity index (χ1n) is 5.02. The number of rotatable bonds is 6. The van der Waals surface area contributed by atoms with Crippen LogP contribution in [0.25, 0.3) is 10.7 Å². The highest BCUT2D eigenvalue weighted by atomic mass is 32.2. The van der Waals surface area contributed by atoms with Gasteiger partial charge in [-0.1, -0.05) is 11.2 Å². The Kier molecular flexibility index (Phi) is 4.55. The van der Waals surface area contributed by atoms with Gasteiger partial charge >= 0.3 is 0 Å². The molecule has 0 aromatic carbocycles. The molecule has 0 unspecified atom stereocenters. The highest BCUT2D eigenvalue weighted by Crippen LogP contribution is 2.22. The highest BCUT2D eigenvalue weighted by molar-refractivity contribution is 7.98. The number of aromatic nitrogens is 2. The van der Waals surface area contributed by atoms with Gasteiger partial charge in [0.05, 0.1) is 23.3 Å². The molecule has 1 atom stereocenters. The van der Waals surface area contributed by atoms with Crippen molar-refractivity contribution in [3.63, 3.8) is 0 Å². The van der Waals surface area contributed by atoms with Gasteiger partial charge in [-0.05, 0) is 11.4 Å². The van der Waals surface area contributed by atoms with Crippen molar-refractivity contribution in [1.82, 2.24) is 10.1 Å². The van der Waals surface area contributed by atoms with Gasteiger partial charge in [-0.3, -0.25) is 0 Å². The van der Waals surface area contributed by atoms with Gasteiger partial charge in [0.2, 0.25) is 11.7 Å². The Labute approximate surface area is 106 Å². The summed E-state index contributed by atoms with van der Waals surface area (Å²) in [7, 11) is 0. The van der Waals surface area contributed by atoms with Crippen molar-refractivity contribution in [1.29, 1.82) is 0 Å². The maximum Gasteiger partial charge on any atom is 0.236 e. The predicted molar refractivity (Wildman–Crippen MR) is 66.9 cm³/mol. The summed E-state index contributed by atoms with van der Waals surface area (Å²) in [5, 5.41) is 23.6. The van der Waals surface area contributed by atoms with Crippen molar-refractivity contribution in [3.8, 4) is 10.7 Å². The van der Waals surface area contributed by atoms with Gasteiger partial charge in [-0.2, -0.15) is 4.98 Å². The van der Waals surface area contributed by atoms with E-state index in [9.17, 15) is 0 Å². The van der Waals surface area contributed by atoms with Crippen molar-refractivity contribution >= 4 is 23.1 Å². The van der Waals surface area contributed by atoms with E-state index < -0.39 is 6.10 Å². The molecule has 0 aliphatic rings. The summed E-state index contributed by atoms with van der Waals surface area (Å²) >= 11 is 3.00. The molecule has 2 N–H and O–H groups in total. The van der Waals surface area contributed by atoms with Gasteiger partial charge < -0.3 is 14.7 Å². The molecule has 0 amide bonds. The normalized spacial score (nSPS) is 12.8. The lowest BCUT2D eigenvalue weighted by Crippen LogP contribution is -2.14. The molecule has 0 aliphatic carbocycles. The van der Waals surface area contributed by atoms with Crippen LogP contribution in [0, 0.1) is 0 Å². The molecule has 0 saturated heterocycles. The quantitative estimate of drug-likeness (QED) is 0.827. The van der Waals surface area contributed by atoms with Gasteiger partial charge in [-0.25, -0.2) is 0 Å². The van der Waals surface area contributed by atoms with Crippen LogP contribution in [0.3, 0.4) is 0 Å². The number of thioether (sulfide) groups is 1. The smallest absolute Gasteiger partial charge is 0.236 e. The fourth-order valence-electron chi connectivity index (χ4n) is 1.15. The average Bonchev–Trinajstić information content (AvgIpc) is 2.98. The Morgan fingerprint density at radius 3 is 3.12 bits per heavy atom. The maximum atomic E-state index is 9.16. The number of aliphatic hydroxyl groups excluding tert-OH is 2. The van der Waals surface area contributed by atoms with Crippen LogP contribution in [-0.2, 0) is 5.75 Å². The third kappa shape index (κ3) is 3.53. The van der Waals surface area contributed by atoms with E-state index in [2.05, 4.69) is 10.1 Å². The van der Waals surface area contributed by atoms with E-state index in [0.717, 1.165) is 4.88 Å². The number of nitrogens with zero attached hydrogens (tertiary/aromatic N) is 2. The Hall–Kier alpha value is -0.890. The number of aliphatic hydroxyl groups is 2. The van der Waals surface area contributed by atoms with Gasteiger partial charge in [0, 0.05) is 5.75 Å². The lowest BCUT2D eigenvalue weighted by atomic mass is 10.4. The van der Waals surface area contributed by atoms with E-state index in [1.807, 2.05) is 17.5 Å². The zero-order chi connectivity index (χ0) is 12.1. The van der Waals surface area contributed by atoms with Crippen LogP contribution in [0.15, 0.2) is 22.0 Å². The molecule has 0 bridgehead atoms. The molecule has 0 aliphatic heterocycles. The zero-order valence-corrected chi connectivity index (χ0v) is 10.6. The zero-order valence-electron chi connectivity index (χ0n) is 8.94. The van der Waals surface area contributed by atoms with E-state index in [4.69, 9.17) is 14.7 Å². The second-order valence-electron chi connectivity index (χ2n) is 3.34. The van der Waals surface area contributed by atoms with Crippen molar-refractivity contribution < 1.29 is 14.7 Å². The SMILES string of the molecule is OC[C@H](O)CSCc1nc(-c2cccs2)no1. The third-order valence-corrected chi connectivity index (χ3v) is 3.89. The fraction of sp³-hybridized carbons (Fsp3) is 0.400. The van der Waals surface area contributed by atoms with Crippen LogP contribution in [0.4, 0.5) is 0 Å². The maximum absolute atomic E-state index is 9.16. The topological polar surface area (TPSA) is 79.4 Å². The lowest BCUT2D eigenvalue weighted by Gasteiger charge is -2.03. The van der Waals surface area contributed by atoms with Crippen LogP contribution in [0.2, 0.25) is 0 Å². The molecular formula is C10H12N2O3S2. The van der Waals surface area contributed by atoms with Crippen LogP contribution < -0.4 is 0 Å². The first-order chi connectivity index (χ1) is 8.29. The van der Waals surface area contributed by atoms with Crippen molar-refractivity contribution in [2.24, 2.45) is 0 Å².